The first-order valence-corrected chi connectivity index (χ1v) is 4.34. The molecule has 1 aromatic carbocycles. The Labute approximate surface area is 80.4 Å². The molecule has 1 aliphatic rings. The van der Waals surface area contributed by atoms with Gasteiger partial charge in [-0.2, -0.15) is 0 Å². The molecule has 0 bridgehead atoms. The molecule has 2 atom stereocenters. The van der Waals surface area contributed by atoms with E-state index < -0.39 is 11.9 Å². The van der Waals surface area contributed by atoms with E-state index in [1.165, 1.54) is 18.2 Å². The van der Waals surface area contributed by atoms with Crippen LogP contribution in [0.4, 0.5) is 0 Å². The van der Waals surface area contributed by atoms with Crippen molar-refractivity contribution in [2.24, 2.45) is 5.92 Å². The van der Waals surface area contributed by atoms with Crippen LogP contribution in [0.15, 0.2) is 18.2 Å². The Morgan fingerprint density at radius 3 is 2.64 bits per heavy atom. The molecule has 74 valence electrons. The third kappa shape index (κ3) is 1.39. The summed E-state index contributed by atoms with van der Waals surface area (Å²) in [6.45, 7) is 0. The Morgan fingerprint density at radius 1 is 1.36 bits per heavy atom. The Bertz CT molecular complexity index is 386. The fourth-order valence-electron chi connectivity index (χ4n) is 1.65. The molecule has 1 aromatic rings. The number of aliphatic carboxylic acids is 1. The normalized spacial score (nSPS) is 24.6. The summed E-state index contributed by atoms with van der Waals surface area (Å²) in [5.41, 5.74) is 0.525. The van der Waals surface area contributed by atoms with Gasteiger partial charge in [0.15, 0.2) is 0 Å². The van der Waals surface area contributed by atoms with Crippen LogP contribution in [0.1, 0.15) is 17.9 Å². The number of hydrogen-bond donors (Lipinski definition) is 3. The predicted octanol–water partition coefficient (Wildman–Crippen LogP) is 1.29. The lowest BCUT2D eigenvalue weighted by Gasteiger charge is -2.02. The van der Waals surface area contributed by atoms with E-state index >= 15 is 0 Å². The minimum absolute atomic E-state index is 0.0499. The fourth-order valence-corrected chi connectivity index (χ4v) is 1.65. The number of carboxylic acids is 1. The van der Waals surface area contributed by atoms with Gasteiger partial charge in [-0.1, -0.05) is 0 Å². The first kappa shape index (κ1) is 8.87. The molecule has 2 rings (SSSR count). The van der Waals surface area contributed by atoms with Crippen molar-refractivity contribution in [2.75, 3.05) is 0 Å². The van der Waals surface area contributed by atoms with E-state index in [2.05, 4.69) is 0 Å². The van der Waals surface area contributed by atoms with Crippen LogP contribution in [0, 0.1) is 5.92 Å². The van der Waals surface area contributed by atoms with E-state index in [0.717, 1.165) is 0 Å². The maximum absolute atomic E-state index is 10.6. The summed E-state index contributed by atoms with van der Waals surface area (Å²) in [5, 5.41) is 27.3. The highest BCUT2D eigenvalue weighted by Crippen LogP contribution is 2.50. The van der Waals surface area contributed by atoms with Crippen molar-refractivity contribution in [2.45, 2.75) is 12.3 Å². The summed E-state index contributed by atoms with van der Waals surface area (Å²) >= 11 is 0. The van der Waals surface area contributed by atoms with Gasteiger partial charge >= 0.3 is 5.97 Å². The Morgan fingerprint density at radius 2 is 2.07 bits per heavy atom. The van der Waals surface area contributed by atoms with Gasteiger partial charge in [-0.3, -0.25) is 4.79 Å². The van der Waals surface area contributed by atoms with Gasteiger partial charge in [-0.25, -0.2) is 0 Å². The second-order valence-corrected chi connectivity index (χ2v) is 3.53. The smallest absolute Gasteiger partial charge is 0.307 e. The summed E-state index contributed by atoms with van der Waals surface area (Å²) in [7, 11) is 0. The predicted molar refractivity (Wildman–Crippen MR) is 48.3 cm³/mol. The van der Waals surface area contributed by atoms with Crippen LogP contribution >= 0.6 is 0 Å². The largest absolute Gasteiger partial charge is 0.508 e. The van der Waals surface area contributed by atoms with Gasteiger partial charge < -0.3 is 15.3 Å². The third-order valence-electron chi connectivity index (χ3n) is 2.52. The van der Waals surface area contributed by atoms with Crippen LogP contribution < -0.4 is 0 Å². The Balaban J connectivity index is 2.26. The molecular weight excluding hydrogens is 184 g/mol. The highest BCUT2D eigenvalue weighted by Gasteiger charge is 2.45. The molecule has 0 radical (unpaired) electrons. The number of aromatic hydroxyl groups is 2. The zero-order valence-corrected chi connectivity index (χ0v) is 7.34. The van der Waals surface area contributed by atoms with Crippen LogP contribution in [-0.4, -0.2) is 21.3 Å². The molecule has 0 spiro atoms. The summed E-state index contributed by atoms with van der Waals surface area (Å²) in [4.78, 5) is 10.6. The number of hydrogen-bond acceptors (Lipinski definition) is 3. The van der Waals surface area contributed by atoms with Crippen molar-refractivity contribution in [3.05, 3.63) is 23.8 Å². The van der Waals surface area contributed by atoms with E-state index in [1.807, 2.05) is 0 Å². The molecule has 0 heterocycles. The number of phenolic OH excluding ortho intramolecular Hbond substituents is 2. The van der Waals surface area contributed by atoms with Crippen LogP contribution in [-0.2, 0) is 4.79 Å². The molecule has 1 saturated carbocycles. The van der Waals surface area contributed by atoms with Gasteiger partial charge in [0.2, 0.25) is 0 Å². The molecule has 2 unspecified atom stereocenters. The van der Waals surface area contributed by atoms with Gasteiger partial charge in [-0.15, -0.1) is 0 Å². The van der Waals surface area contributed by atoms with E-state index in [1.54, 1.807) is 0 Å². The minimum atomic E-state index is -0.849. The average molecular weight is 194 g/mol. The molecule has 4 heteroatoms. The van der Waals surface area contributed by atoms with Crippen LogP contribution in [0.25, 0.3) is 0 Å². The zero-order chi connectivity index (χ0) is 10.3. The highest BCUT2D eigenvalue weighted by atomic mass is 16.4. The van der Waals surface area contributed by atoms with Crippen molar-refractivity contribution in [1.29, 1.82) is 0 Å². The van der Waals surface area contributed by atoms with Crippen LogP contribution in [0.5, 0.6) is 11.5 Å². The number of phenols is 2. The molecular formula is C10H10O4. The maximum atomic E-state index is 10.6. The molecule has 3 N–H and O–H groups in total. The summed E-state index contributed by atoms with van der Waals surface area (Å²) < 4.78 is 0. The third-order valence-corrected chi connectivity index (χ3v) is 2.52. The maximum Gasteiger partial charge on any atom is 0.307 e. The standard InChI is InChI=1S/C10H10O4/c11-5-1-2-9(12)7(3-5)6-4-8(6)10(13)14/h1-3,6,8,11-12H,4H2,(H,13,14). The monoisotopic (exact) mass is 194 g/mol. The van der Waals surface area contributed by atoms with Crippen LogP contribution in [0.3, 0.4) is 0 Å². The molecule has 0 saturated heterocycles. The lowest BCUT2D eigenvalue weighted by atomic mass is 10.1. The second kappa shape index (κ2) is 2.90. The lowest BCUT2D eigenvalue weighted by molar-refractivity contribution is -0.138. The van der Waals surface area contributed by atoms with Crippen molar-refractivity contribution in [3.63, 3.8) is 0 Å². The average Bonchev–Trinajstić information content (AvgIpc) is 2.88. The molecule has 0 amide bonds. The molecule has 14 heavy (non-hydrogen) atoms. The molecule has 0 aliphatic heterocycles. The quantitative estimate of drug-likeness (QED) is 0.620. The van der Waals surface area contributed by atoms with Crippen LogP contribution in [0.2, 0.25) is 0 Å². The molecule has 1 aliphatic carbocycles. The first-order chi connectivity index (χ1) is 6.59. The van der Waals surface area contributed by atoms with Crippen molar-refractivity contribution >= 4 is 5.97 Å². The van der Waals surface area contributed by atoms with Gasteiger partial charge in [0.05, 0.1) is 5.92 Å². The van der Waals surface area contributed by atoms with E-state index in [9.17, 15) is 15.0 Å². The van der Waals surface area contributed by atoms with Crippen molar-refractivity contribution in [3.8, 4) is 11.5 Å². The molecule has 4 nitrogen and oxygen atoms in total. The van der Waals surface area contributed by atoms with Gasteiger partial charge in [0.25, 0.3) is 0 Å². The number of rotatable bonds is 2. The van der Waals surface area contributed by atoms with Crippen molar-refractivity contribution in [1.82, 2.24) is 0 Å². The number of carboxylic acid groups (broad SMARTS) is 1. The number of carbonyl (C=O) groups is 1. The second-order valence-electron chi connectivity index (χ2n) is 3.53. The van der Waals surface area contributed by atoms with Gasteiger partial charge in [-0.05, 0) is 24.6 Å². The molecule has 0 aromatic heterocycles. The summed E-state index contributed by atoms with van der Waals surface area (Å²) in [5.74, 6) is -1.31. The van der Waals surface area contributed by atoms with E-state index in [0.29, 0.717) is 12.0 Å². The topological polar surface area (TPSA) is 77.8 Å². The zero-order valence-electron chi connectivity index (χ0n) is 7.34. The minimum Gasteiger partial charge on any atom is -0.508 e. The summed E-state index contributed by atoms with van der Waals surface area (Å²) in [6, 6.07) is 4.17. The summed E-state index contributed by atoms with van der Waals surface area (Å²) in [6.07, 6.45) is 0.534. The van der Waals surface area contributed by atoms with Gasteiger partial charge in [0.1, 0.15) is 11.5 Å². The number of benzene rings is 1. The van der Waals surface area contributed by atoms with Crippen molar-refractivity contribution < 1.29 is 20.1 Å². The Kier molecular flexibility index (Phi) is 1.84. The van der Waals surface area contributed by atoms with E-state index in [4.69, 9.17) is 5.11 Å². The SMILES string of the molecule is O=C(O)C1CC1c1cc(O)ccc1O. The van der Waals surface area contributed by atoms with E-state index in [-0.39, 0.29) is 17.4 Å². The first-order valence-electron chi connectivity index (χ1n) is 4.34. The van der Waals surface area contributed by atoms with Gasteiger partial charge in [0, 0.05) is 11.5 Å². The fraction of sp³-hybridized carbons (Fsp3) is 0.300. The molecule has 1 fully saturated rings. The lowest BCUT2D eigenvalue weighted by Crippen LogP contribution is -1.98. The highest BCUT2D eigenvalue weighted by molar-refractivity contribution is 5.75. The Hall–Kier alpha value is -1.71.